The van der Waals surface area contributed by atoms with E-state index in [1.165, 1.54) is 12.1 Å². The van der Waals surface area contributed by atoms with Gasteiger partial charge in [-0.15, -0.1) is 5.10 Å². The summed E-state index contributed by atoms with van der Waals surface area (Å²) in [7, 11) is 2.03. The van der Waals surface area contributed by atoms with Crippen LogP contribution in [0, 0.1) is 5.82 Å². The van der Waals surface area contributed by atoms with Crippen molar-refractivity contribution >= 4 is 11.7 Å². The molecule has 3 aromatic rings. The number of halogens is 1. The third kappa shape index (κ3) is 6.84. The van der Waals surface area contributed by atoms with E-state index < -0.39 is 0 Å². The van der Waals surface area contributed by atoms with Crippen molar-refractivity contribution in [1.29, 1.82) is 0 Å². The van der Waals surface area contributed by atoms with E-state index in [0.717, 1.165) is 37.1 Å². The summed E-state index contributed by atoms with van der Waals surface area (Å²) in [4.78, 5) is 14.4. The molecular formula is C23H30FN7O. The molecule has 170 valence electrons. The number of carbonyl (C=O) groups is 1. The third-order valence-electron chi connectivity index (χ3n) is 4.98. The second-order valence-corrected chi connectivity index (χ2v) is 8.07. The van der Waals surface area contributed by atoms with Gasteiger partial charge in [0, 0.05) is 24.3 Å². The first kappa shape index (κ1) is 23.3. The summed E-state index contributed by atoms with van der Waals surface area (Å²) >= 11 is 0. The monoisotopic (exact) mass is 439 g/mol. The molecule has 0 aliphatic rings. The van der Waals surface area contributed by atoms with Crippen LogP contribution in [-0.4, -0.2) is 51.3 Å². The number of hydrogen-bond donors (Lipinski definition) is 2. The molecule has 1 heterocycles. The molecule has 0 radical (unpaired) electrons. The smallest absolute Gasteiger partial charge is 0.319 e. The second kappa shape index (κ2) is 11.3. The molecule has 2 N–H and O–H groups in total. The molecule has 0 saturated heterocycles. The van der Waals surface area contributed by atoms with E-state index in [4.69, 9.17) is 0 Å². The summed E-state index contributed by atoms with van der Waals surface area (Å²) in [5.74, 6) is 0.442. The van der Waals surface area contributed by atoms with Crippen LogP contribution in [0.4, 0.5) is 14.9 Å². The van der Waals surface area contributed by atoms with Gasteiger partial charge >= 0.3 is 6.03 Å². The van der Waals surface area contributed by atoms with Gasteiger partial charge in [-0.25, -0.2) is 13.9 Å². The fourth-order valence-electron chi connectivity index (χ4n) is 3.33. The van der Waals surface area contributed by atoms with Crippen LogP contribution in [0.5, 0.6) is 0 Å². The van der Waals surface area contributed by atoms with Crippen LogP contribution in [0.15, 0.2) is 48.5 Å². The SMILES string of the molecule is CC(C)n1nnnc1-c1cccc(NC(=O)NCCCCN(C)Cc2ccc(F)cc2)c1. The number of rotatable bonds is 10. The topological polar surface area (TPSA) is 88.0 Å². The van der Waals surface area contributed by atoms with Gasteiger partial charge in [-0.3, -0.25) is 0 Å². The van der Waals surface area contributed by atoms with Crippen LogP contribution in [0.2, 0.25) is 0 Å². The predicted octanol–water partition coefficient (Wildman–Crippen LogP) is 4.09. The average molecular weight is 440 g/mol. The van der Waals surface area contributed by atoms with Gasteiger partial charge in [-0.2, -0.15) is 0 Å². The molecule has 0 atom stereocenters. The van der Waals surface area contributed by atoms with Gasteiger partial charge in [-0.1, -0.05) is 24.3 Å². The summed E-state index contributed by atoms with van der Waals surface area (Å²) < 4.78 is 14.7. The largest absolute Gasteiger partial charge is 0.338 e. The van der Waals surface area contributed by atoms with Crippen LogP contribution >= 0.6 is 0 Å². The highest BCUT2D eigenvalue weighted by Crippen LogP contribution is 2.22. The van der Waals surface area contributed by atoms with Crippen molar-refractivity contribution in [2.75, 3.05) is 25.5 Å². The third-order valence-corrected chi connectivity index (χ3v) is 4.98. The van der Waals surface area contributed by atoms with Gasteiger partial charge in [0.05, 0.1) is 6.04 Å². The molecule has 3 rings (SSSR count). The summed E-state index contributed by atoms with van der Waals surface area (Å²) in [6.45, 7) is 6.27. The highest BCUT2D eigenvalue weighted by Gasteiger charge is 2.12. The average Bonchev–Trinajstić information content (AvgIpc) is 3.26. The maximum atomic E-state index is 13.0. The van der Waals surface area contributed by atoms with E-state index in [1.807, 2.05) is 45.2 Å². The van der Waals surface area contributed by atoms with E-state index in [-0.39, 0.29) is 17.9 Å². The van der Waals surface area contributed by atoms with Crippen molar-refractivity contribution in [2.45, 2.75) is 39.3 Å². The van der Waals surface area contributed by atoms with E-state index in [1.54, 1.807) is 16.8 Å². The number of nitrogens with one attached hydrogen (secondary N) is 2. The van der Waals surface area contributed by atoms with Gasteiger partial charge in [0.25, 0.3) is 0 Å². The molecule has 0 saturated carbocycles. The van der Waals surface area contributed by atoms with Crippen LogP contribution < -0.4 is 10.6 Å². The van der Waals surface area contributed by atoms with Crippen LogP contribution in [0.25, 0.3) is 11.4 Å². The fraction of sp³-hybridized carbons (Fsp3) is 0.391. The van der Waals surface area contributed by atoms with Crippen molar-refractivity contribution < 1.29 is 9.18 Å². The first-order valence-corrected chi connectivity index (χ1v) is 10.8. The predicted molar refractivity (Wildman–Crippen MR) is 123 cm³/mol. The first-order valence-electron chi connectivity index (χ1n) is 10.8. The lowest BCUT2D eigenvalue weighted by atomic mass is 10.2. The lowest BCUT2D eigenvalue weighted by molar-refractivity contribution is 0.251. The number of aromatic nitrogens is 4. The van der Waals surface area contributed by atoms with Crippen LogP contribution in [0.1, 0.15) is 38.3 Å². The van der Waals surface area contributed by atoms with Crippen LogP contribution in [0.3, 0.4) is 0 Å². The molecule has 0 aliphatic heterocycles. The molecule has 0 fully saturated rings. The van der Waals surface area contributed by atoms with Crippen molar-refractivity contribution in [3.8, 4) is 11.4 Å². The fourth-order valence-corrected chi connectivity index (χ4v) is 3.33. The van der Waals surface area contributed by atoms with Crippen molar-refractivity contribution in [1.82, 2.24) is 30.4 Å². The maximum absolute atomic E-state index is 13.0. The minimum Gasteiger partial charge on any atom is -0.338 e. The number of anilines is 1. The zero-order chi connectivity index (χ0) is 22.9. The number of benzene rings is 2. The minimum absolute atomic E-state index is 0.134. The molecule has 0 bridgehead atoms. The Hall–Kier alpha value is -3.33. The Balaban J connectivity index is 1.39. The number of unbranched alkanes of at least 4 members (excludes halogenated alkanes) is 1. The zero-order valence-corrected chi connectivity index (χ0v) is 18.8. The van der Waals surface area contributed by atoms with Gasteiger partial charge in [0.2, 0.25) is 0 Å². The Bertz CT molecular complexity index is 1000. The van der Waals surface area contributed by atoms with Crippen molar-refractivity contribution in [3.63, 3.8) is 0 Å². The molecule has 9 heteroatoms. The summed E-state index contributed by atoms with van der Waals surface area (Å²) in [5, 5.41) is 17.6. The standard InChI is InChI=1S/C23H30FN7O/c1-17(2)31-22(27-28-29-31)19-7-6-8-21(15-19)26-23(32)25-13-4-5-14-30(3)16-18-9-11-20(24)12-10-18/h6-12,15,17H,4-5,13-14,16H2,1-3H3,(H2,25,26,32). The molecule has 0 aliphatic carbocycles. The molecule has 0 spiro atoms. The van der Waals surface area contributed by atoms with Crippen LogP contribution in [-0.2, 0) is 6.54 Å². The number of carbonyl (C=O) groups excluding carboxylic acids is 1. The Morgan fingerprint density at radius 1 is 1.16 bits per heavy atom. The Morgan fingerprint density at radius 2 is 1.94 bits per heavy atom. The molecule has 1 aromatic heterocycles. The second-order valence-electron chi connectivity index (χ2n) is 8.07. The summed E-state index contributed by atoms with van der Waals surface area (Å²) in [6.07, 6.45) is 1.82. The highest BCUT2D eigenvalue weighted by atomic mass is 19.1. The van der Waals surface area contributed by atoms with E-state index >= 15 is 0 Å². The number of nitrogens with zero attached hydrogens (tertiary/aromatic N) is 5. The number of urea groups is 1. The van der Waals surface area contributed by atoms with E-state index in [0.29, 0.717) is 18.1 Å². The number of amides is 2. The maximum Gasteiger partial charge on any atom is 0.319 e. The molecule has 2 amide bonds. The van der Waals surface area contributed by atoms with Gasteiger partial charge < -0.3 is 15.5 Å². The number of hydrogen-bond acceptors (Lipinski definition) is 5. The number of tetrazole rings is 1. The lowest BCUT2D eigenvalue weighted by Crippen LogP contribution is -2.30. The quantitative estimate of drug-likeness (QED) is 0.465. The van der Waals surface area contributed by atoms with Gasteiger partial charge in [-0.05, 0) is 80.5 Å². The van der Waals surface area contributed by atoms with Gasteiger partial charge in [0.1, 0.15) is 5.82 Å². The minimum atomic E-state index is -0.245. The van der Waals surface area contributed by atoms with E-state index in [9.17, 15) is 9.18 Å². The summed E-state index contributed by atoms with van der Waals surface area (Å²) in [5.41, 5.74) is 2.60. The highest BCUT2D eigenvalue weighted by molar-refractivity contribution is 5.89. The zero-order valence-electron chi connectivity index (χ0n) is 18.8. The lowest BCUT2D eigenvalue weighted by Gasteiger charge is -2.16. The molecule has 0 unspecified atom stereocenters. The Kier molecular flexibility index (Phi) is 8.27. The molecule has 32 heavy (non-hydrogen) atoms. The van der Waals surface area contributed by atoms with Crippen molar-refractivity contribution in [3.05, 3.63) is 59.9 Å². The Labute approximate surface area is 187 Å². The summed E-state index contributed by atoms with van der Waals surface area (Å²) in [6, 6.07) is 13.9. The van der Waals surface area contributed by atoms with Gasteiger partial charge in [0.15, 0.2) is 5.82 Å². The van der Waals surface area contributed by atoms with E-state index in [2.05, 4.69) is 31.1 Å². The normalized spacial score (nSPS) is 11.2. The molecular weight excluding hydrogens is 409 g/mol. The molecule has 8 nitrogen and oxygen atoms in total. The first-order chi connectivity index (χ1) is 15.4. The molecule has 2 aromatic carbocycles. The van der Waals surface area contributed by atoms with Crippen molar-refractivity contribution in [2.24, 2.45) is 0 Å². The Morgan fingerprint density at radius 3 is 2.69 bits per heavy atom.